The highest BCUT2D eigenvalue weighted by atomic mass is 79.9. The lowest BCUT2D eigenvalue weighted by Gasteiger charge is -2.12. The normalized spacial score (nSPS) is 10.5. The molecule has 2 rings (SSSR count). The molecule has 2 aromatic carbocycles. The number of nitrogens with one attached hydrogen (secondary N) is 1. The van der Waals surface area contributed by atoms with Gasteiger partial charge in [0.25, 0.3) is 11.8 Å². The van der Waals surface area contributed by atoms with Crippen molar-refractivity contribution in [2.75, 3.05) is 19.8 Å². The van der Waals surface area contributed by atoms with Crippen molar-refractivity contribution in [1.29, 1.82) is 0 Å². The third-order valence-corrected chi connectivity index (χ3v) is 4.80. The van der Waals surface area contributed by atoms with Crippen molar-refractivity contribution in [3.05, 3.63) is 63.1 Å². The van der Waals surface area contributed by atoms with Crippen molar-refractivity contribution in [2.24, 2.45) is 10.8 Å². The summed E-state index contributed by atoms with van der Waals surface area (Å²) in [5.74, 6) is 0.421. The minimum Gasteiger partial charge on any atom is -0.490 e. The lowest BCUT2D eigenvalue weighted by molar-refractivity contribution is -0.119. The maximum absolute atomic E-state index is 12.4. The van der Waals surface area contributed by atoms with Crippen LogP contribution in [0.25, 0.3) is 0 Å². The van der Waals surface area contributed by atoms with E-state index >= 15 is 0 Å². The first-order valence-corrected chi connectivity index (χ1v) is 10.7. The Bertz CT molecular complexity index is 972. The summed E-state index contributed by atoms with van der Waals surface area (Å²) >= 11 is 6.73. The van der Waals surface area contributed by atoms with E-state index in [1.165, 1.54) is 6.21 Å². The van der Waals surface area contributed by atoms with E-state index in [0.717, 1.165) is 0 Å². The van der Waals surface area contributed by atoms with Crippen molar-refractivity contribution in [2.45, 2.75) is 6.92 Å². The summed E-state index contributed by atoms with van der Waals surface area (Å²) in [6, 6.07) is 8.30. The van der Waals surface area contributed by atoms with E-state index in [-0.39, 0.29) is 6.61 Å². The number of carbonyl (C=O) groups is 2. The van der Waals surface area contributed by atoms with Crippen LogP contribution in [-0.4, -0.2) is 37.8 Å². The second-order valence-electron chi connectivity index (χ2n) is 5.96. The van der Waals surface area contributed by atoms with Gasteiger partial charge in [0.15, 0.2) is 18.1 Å². The molecule has 0 heterocycles. The van der Waals surface area contributed by atoms with E-state index in [0.29, 0.717) is 50.5 Å². The Morgan fingerprint density at radius 3 is 2.45 bits per heavy atom. The number of nitrogens with two attached hydrogens (primary N) is 1. The second-order valence-corrected chi connectivity index (χ2v) is 7.67. The Morgan fingerprint density at radius 1 is 1.13 bits per heavy atom. The average molecular weight is 555 g/mol. The van der Waals surface area contributed by atoms with Gasteiger partial charge in [0.05, 0.1) is 21.8 Å². The molecule has 0 aliphatic rings. The van der Waals surface area contributed by atoms with Crippen LogP contribution in [0.3, 0.4) is 0 Å². The molecule has 0 bridgehead atoms. The number of benzene rings is 2. The monoisotopic (exact) mass is 553 g/mol. The van der Waals surface area contributed by atoms with Gasteiger partial charge in [-0.3, -0.25) is 9.59 Å². The fraction of sp³-hybridized carbons (Fsp3) is 0.190. The molecular weight excluding hydrogens is 534 g/mol. The molecule has 0 aliphatic carbocycles. The van der Waals surface area contributed by atoms with Gasteiger partial charge in [-0.1, -0.05) is 12.7 Å². The smallest absolute Gasteiger partial charge is 0.271 e. The minimum atomic E-state index is -0.583. The number of hydrazone groups is 1. The lowest BCUT2D eigenvalue weighted by Crippen LogP contribution is -2.20. The zero-order chi connectivity index (χ0) is 22.8. The number of primary amides is 1. The molecular formula is C21H21Br2N3O5. The van der Waals surface area contributed by atoms with E-state index in [1.807, 2.05) is 6.92 Å². The summed E-state index contributed by atoms with van der Waals surface area (Å²) in [5.41, 5.74) is 8.60. The summed E-state index contributed by atoms with van der Waals surface area (Å²) in [4.78, 5) is 23.3. The highest BCUT2D eigenvalue weighted by Gasteiger charge is 2.12. The van der Waals surface area contributed by atoms with Gasteiger partial charge in [-0.25, -0.2) is 5.43 Å². The van der Waals surface area contributed by atoms with Crippen LogP contribution in [-0.2, 0) is 4.79 Å². The number of carbonyl (C=O) groups excluding carboxylic acids is 2. The zero-order valence-corrected chi connectivity index (χ0v) is 19.9. The first-order valence-electron chi connectivity index (χ1n) is 9.09. The molecule has 2 aromatic rings. The predicted molar refractivity (Wildman–Crippen MR) is 125 cm³/mol. The third kappa shape index (κ3) is 7.41. The molecule has 10 heteroatoms. The van der Waals surface area contributed by atoms with E-state index in [9.17, 15) is 9.59 Å². The highest BCUT2D eigenvalue weighted by Crippen LogP contribution is 2.34. The summed E-state index contributed by atoms with van der Waals surface area (Å²) in [5, 5.41) is 3.99. The van der Waals surface area contributed by atoms with Gasteiger partial charge in [0.1, 0.15) is 12.4 Å². The van der Waals surface area contributed by atoms with Gasteiger partial charge in [-0.15, -0.1) is 0 Å². The number of halogens is 2. The quantitative estimate of drug-likeness (QED) is 0.249. The van der Waals surface area contributed by atoms with Gasteiger partial charge < -0.3 is 19.9 Å². The molecule has 8 nitrogen and oxygen atoms in total. The lowest BCUT2D eigenvalue weighted by atomic mass is 10.2. The molecule has 0 spiro atoms. The predicted octanol–water partition coefficient (Wildman–Crippen LogP) is 3.80. The first-order chi connectivity index (χ1) is 14.8. The van der Waals surface area contributed by atoms with Crippen molar-refractivity contribution in [1.82, 2.24) is 5.43 Å². The van der Waals surface area contributed by atoms with Gasteiger partial charge in [-0.05, 0) is 74.7 Å². The van der Waals surface area contributed by atoms with Gasteiger partial charge in [0, 0.05) is 5.56 Å². The Balaban J connectivity index is 2.08. The Morgan fingerprint density at radius 2 is 1.84 bits per heavy atom. The molecule has 0 radical (unpaired) electrons. The number of amides is 2. The number of nitrogens with zero attached hydrogens (tertiary/aromatic N) is 1. The van der Waals surface area contributed by atoms with E-state index in [2.05, 4.69) is 49.0 Å². The van der Waals surface area contributed by atoms with Gasteiger partial charge in [0.2, 0.25) is 0 Å². The van der Waals surface area contributed by atoms with Crippen LogP contribution < -0.4 is 25.4 Å². The SMILES string of the molecule is C=CCOc1ccc(C(=O)N/N=C/c2cc(Br)c(OCC(N)=O)c(Br)c2)cc1OCC. The summed E-state index contributed by atoms with van der Waals surface area (Å²) in [7, 11) is 0. The Kier molecular flexibility index (Phi) is 9.54. The Hall–Kier alpha value is -2.85. The van der Waals surface area contributed by atoms with E-state index in [1.54, 1.807) is 36.4 Å². The molecule has 2 amide bonds. The third-order valence-electron chi connectivity index (χ3n) is 3.62. The minimum absolute atomic E-state index is 0.248. The molecule has 164 valence electrons. The molecule has 0 atom stereocenters. The molecule has 0 unspecified atom stereocenters. The van der Waals surface area contributed by atoms with E-state index in [4.69, 9.17) is 19.9 Å². The molecule has 0 saturated heterocycles. The van der Waals surface area contributed by atoms with Crippen molar-refractivity contribution in [3.63, 3.8) is 0 Å². The molecule has 0 aliphatic heterocycles. The van der Waals surface area contributed by atoms with Crippen LogP contribution in [0.5, 0.6) is 17.2 Å². The zero-order valence-electron chi connectivity index (χ0n) is 16.7. The van der Waals surface area contributed by atoms with Gasteiger partial charge >= 0.3 is 0 Å². The second kappa shape index (κ2) is 12.1. The van der Waals surface area contributed by atoms with Crippen LogP contribution in [0, 0.1) is 0 Å². The number of rotatable bonds is 11. The van der Waals surface area contributed by atoms with E-state index < -0.39 is 11.8 Å². The first kappa shape index (κ1) is 24.4. The van der Waals surface area contributed by atoms with Crippen LogP contribution >= 0.6 is 31.9 Å². The summed E-state index contributed by atoms with van der Waals surface area (Å²) in [6.07, 6.45) is 3.09. The highest BCUT2D eigenvalue weighted by molar-refractivity contribution is 9.11. The molecule has 31 heavy (non-hydrogen) atoms. The van der Waals surface area contributed by atoms with Gasteiger partial charge in [-0.2, -0.15) is 5.10 Å². The van der Waals surface area contributed by atoms with Crippen molar-refractivity contribution < 1.29 is 23.8 Å². The van der Waals surface area contributed by atoms with Crippen LogP contribution in [0.15, 0.2) is 57.0 Å². The largest absolute Gasteiger partial charge is 0.490 e. The fourth-order valence-electron chi connectivity index (χ4n) is 2.35. The molecule has 0 saturated carbocycles. The standard InChI is InChI=1S/C21H21Br2N3O5/c1-3-7-30-17-6-5-14(10-18(17)29-4-2)21(28)26-25-11-13-8-15(22)20(16(23)9-13)31-12-19(24)27/h3,5-6,8-11H,1,4,7,12H2,2H3,(H2,24,27)(H,26,28)/b25-11+. The van der Waals surface area contributed by atoms with Crippen LogP contribution in [0.4, 0.5) is 0 Å². The fourth-order valence-corrected chi connectivity index (χ4v) is 3.80. The maximum atomic E-state index is 12.4. The van der Waals surface area contributed by atoms with Crippen LogP contribution in [0.2, 0.25) is 0 Å². The maximum Gasteiger partial charge on any atom is 0.271 e. The average Bonchev–Trinajstić information content (AvgIpc) is 2.72. The van der Waals surface area contributed by atoms with Crippen LogP contribution in [0.1, 0.15) is 22.8 Å². The molecule has 0 aromatic heterocycles. The summed E-state index contributed by atoms with van der Waals surface area (Å²) in [6.45, 7) is 5.96. The number of hydrogen-bond donors (Lipinski definition) is 2. The summed E-state index contributed by atoms with van der Waals surface area (Å²) < 4.78 is 17.6. The molecule has 0 fully saturated rings. The Labute approximate surface area is 196 Å². The topological polar surface area (TPSA) is 112 Å². The number of hydrogen-bond acceptors (Lipinski definition) is 6. The molecule has 3 N–H and O–H groups in total. The van der Waals surface area contributed by atoms with Crippen molar-refractivity contribution >= 4 is 49.9 Å². The number of ether oxygens (including phenoxy) is 3. The van der Waals surface area contributed by atoms with Crippen molar-refractivity contribution in [3.8, 4) is 17.2 Å².